The SMILES string of the molecule is CN=C(NCCN(C(C)C)C(C)C)NCc1ccc(CN2CCN(C)CC2)cc1. The van der Waals surface area contributed by atoms with Gasteiger partial charge >= 0.3 is 0 Å². The van der Waals surface area contributed by atoms with Crippen molar-refractivity contribution in [2.45, 2.75) is 52.9 Å². The molecule has 1 aliphatic heterocycles. The Balaban J connectivity index is 1.73. The summed E-state index contributed by atoms with van der Waals surface area (Å²) in [4.78, 5) is 11.8. The van der Waals surface area contributed by atoms with Gasteiger partial charge in [0.05, 0.1) is 0 Å². The second-order valence-corrected chi connectivity index (χ2v) is 8.67. The highest BCUT2D eigenvalue weighted by atomic mass is 15.2. The molecule has 6 nitrogen and oxygen atoms in total. The number of benzene rings is 1. The summed E-state index contributed by atoms with van der Waals surface area (Å²) in [6.45, 7) is 17.4. The highest BCUT2D eigenvalue weighted by Gasteiger charge is 2.14. The third kappa shape index (κ3) is 8.33. The van der Waals surface area contributed by atoms with E-state index in [1.54, 1.807) is 0 Å². The number of aliphatic imine (C=N–C) groups is 1. The summed E-state index contributed by atoms with van der Waals surface area (Å²) >= 11 is 0. The summed E-state index contributed by atoms with van der Waals surface area (Å²) in [6, 6.07) is 10.1. The van der Waals surface area contributed by atoms with E-state index in [1.165, 1.54) is 24.2 Å². The molecule has 1 aliphatic rings. The summed E-state index contributed by atoms with van der Waals surface area (Å²) < 4.78 is 0. The van der Waals surface area contributed by atoms with Crippen molar-refractivity contribution in [1.29, 1.82) is 0 Å². The van der Waals surface area contributed by atoms with Gasteiger partial charge in [0, 0.05) is 71.5 Å². The lowest BCUT2D eigenvalue weighted by molar-refractivity contribution is 0.148. The van der Waals surface area contributed by atoms with Gasteiger partial charge in [-0.15, -0.1) is 0 Å². The van der Waals surface area contributed by atoms with Crippen LogP contribution in [-0.2, 0) is 13.1 Å². The topological polar surface area (TPSA) is 46.1 Å². The number of piperazine rings is 1. The fourth-order valence-electron chi connectivity index (χ4n) is 3.85. The Morgan fingerprint density at radius 2 is 1.55 bits per heavy atom. The van der Waals surface area contributed by atoms with E-state index in [2.05, 4.69) is 89.3 Å². The van der Waals surface area contributed by atoms with Crippen LogP contribution in [0.4, 0.5) is 0 Å². The monoisotopic (exact) mass is 402 g/mol. The molecule has 0 bridgehead atoms. The van der Waals surface area contributed by atoms with Gasteiger partial charge in [-0.1, -0.05) is 24.3 Å². The molecule has 0 aromatic heterocycles. The van der Waals surface area contributed by atoms with E-state index in [9.17, 15) is 0 Å². The zero-order chi connectivity index (χ0) is 21.2. The van der Waals surface area contributed by atoms with Crippen LogP contribution < -0.4 is 10.6 Å². The largest absolute Gasteiger partial charge is 0.355 e. The van der Waals surface area contributed by atoms with Gasteiger partial charge in [0.2, 0.25) is 0 Å². The Hall–Kier alpha value is -1.63. The number of likely N-dealkylation sites (N-methyl/N-ethyl adjacent to an activating group) is 1. The van der Waals surface area contributed by atoms with Crippen LogP contribution >= 0.6 is 0 Å². The minimum Gasteiger partial charge on any atom is -0.355 e. The molecular formula is C23H42N6. The van der Waals surface area contributed by atoms with Crippen molar-refractivity contribution in [1.82, 2.24) is 25.3 Å². The van der Waals surface area contributed by atoms with Crippen molar-refractivity contribution in [3.8, 4) is 0 Å². The number of guanidine groups is 1. The average molecular weight is 403 g/mol. The standard InChI is InChI=1S/C23H42N6/c1-19(2)29(20(3)4)12-11-25-23(24-5)26-17-21-7-9-22(10-8-21)18-28-15-13-27(6)14-16-28/h7-10,19-20H,11-18H2,1-6H3,(H2,24,25,26). The van der Waals surface area contributed by atoms with Crippen LogP contribution in [-0.4, -0.2) is 86.1 Å². The lowest BCUT2D eigenvalue weighted by Crippen LogP contribution is -2.45. The fourth-order valence-corrected chi connectivity index (χ4v) is 3.85. The van der Waals surface area contributed by atoms with Crippen LogP contribution in [0.25, 0.3) is 0 Å². The molecule has 0 spiro atoms. The van der Waals surface area contributed by atoms with E-state index in [0.717, 1.165) is 45.2 Å². The van der Waals surface area contributed by atoms with Crippen molar-refractivity contribution in [3.63, 3.8) is 0 Å². The van der Waals surface area contributed by atoms with Crippen LogP contribution in [0.1, 0.15) is 38.8 Å². The number of rotatable bonds is 9. The first kappa shape index (κ1) is 23.6. The van der Waals surface area contributed by atoms with Crippen molar-refractivity contribution in [3.05, 3.63) is 35.4 Å². The molecule has 1 heterocycles. The van der Waals surface area contributed by atoms with Gasteiger partial charge in [0.1, 0.15) is 0 Å². The second-order valence-electron chi connectivity index (χ2n) is 8.67. The first-order chi connectivity index (χ1) is 13.9. The maximum absolute atomic E-state index is 4.36. The van der Waals surface area contributed by atoms with Crippen molar-refractivity contribution < 1.29 is 0 Å². The highest BCUT2D eigenvalue weighted by Crippen LogP contribution is 2.10. The number of nitrogens with zero attached hydrogens (tertiary/aromatic N) is 4. The van der Waals surface area contributed by atoms with E-state index in [4.69, 9.17) is 0 Å². The zero-order valence-corrected chi connectivity index (χ0v) is 19.4. The third-order valence-electron chi connectivity index (χ3n) is 5.70. The van der Waals surface area contributed by atoms with Crippen LogP contribution in [0.3, 0.4) is 0 Å². The Kier molecular flexibility index (Phi) is 9.91. The first-order valence-corrected chi connectivity index (χ1v) is 11.1. The van der Waals surface area contributed by atoms with E-state index >= 15 is 0 Å². The molecule has 0 amide bonds. The molecule has 2 rings (SSSR count). The average Bonchev–Trinajstić information content (AvgIpc) is 2.69. The van der Waals surface area contributed by atoms with Gasteiger partial charge in [-0.05, 0) is 45.9 Å². The summed E-state index contributed by atoms with van der Waals surface area (Å²) in [7, 11) is 4.03. The normalized spacial score (nSPS) is 16.8. The first-order valence-electron chi connectivity index (χ1n) is 11.1. The van der Waals surface area contributed by atoms with Crippen LogP contribution in [0.15, 0.2) is 29.3 Å². The third-order valence-corrected chi connectivity index (χ3v) is 5.70. The van der Waals surface area contributed by atoms with Crippen molar-refractivity contribution >= 4 is 5.96 Å². The van der Waals surface area contributed by atoms with Gasteiger partial charge in [-0.2, -0.15) is 0 Å². The molecule has 29 heavy (non-hydrogen) atoms. The van der Waals surface area contributed by atoms with Crippen LogP contribution in [0.2, 0.25) is 0 Å². The van der Waals surface area contributed by atoms with E-state index < -0.39 is 0 Å². The maximum atomic E-state index is 4.36. The summed E-state index contributed by atoms with van der Waals surface area (Å²) in [5.41, 5.74) is 2.67. The molecule has 1 aromatic carbocycles. The van der Waals surface area contributed by atoms with Crippen molar-refractivity contribution in [2.75, 3.05) is 53.4 Å². The summed E-state index contributed by atoms with van der Waals surface area (Å²) in [5.74, 6) is 0.860. The smallest absolute Gasteiger partial charge is 0.191 e. The van der Waals surface area contributed by atoms with Crippen LogP contribution in [0.5, 0.6) is 0 Å². The Labute approximate surface area is 178 Å². The van der Waals surface area contributed by atoms with Gasteiger partial charge in [0.25, 0.3) is 0 Å². The minimum absolute atomic E-state index is 0.552. The molecule has 2 N–H and O–H groups in total. The summed E-state index contributed by atoms with van der Waals surface area (Å²) in [5, 5.41) is 6.86. The molecule has 0 aliphatic carbocycles. The zero-order valence-electron chi connectivity index (χ0n) is 19.4. The van der Waals surface area contributed by atoms with E-state index in [1.807, 2.05) is 7.05 Å². The molecule has 0 atom stereocenters. The van der Waals surface area contributed by atoms with Crippen LogP contribution in [0, 0.1) is 0 Å². The Morgan fingerprint density at radius 3 is 2.10 bits per heavy atom. The van der Waals surface area contributed by atoms with Gasteiger partial charge in [-0.3, -0.25) is 14.8 Å². The molecule has 164 valence electrons. The molecule has 0 saturated carbocycles. The van der Waals surface area contributed by atoms with E-state index in [0.29, 0.717) is 12.1 Å². The molecule has 0 radical (unpaired) electrons. The lowest BCUT2D eigenvalue weighted by atomic mass is 10.1. The predicted molar refractivity (Wildman–Crippen MR) is 124 cm³/mol. The Morgan fingerprint density at radius 1 is 0.966 bits per heavy atom. The van der Waals surface area contributed by atoms with E-state index in [-0.39, 0.29) is 0 Å². The minimum atomic E-state index is 0.552. The molecule has 6 heteroatoms. The Bertz CT molecular complexity index is 594. The molecule has 1 aromatic rings. The highest BCUT2D eigenvalue weighted by molar-refractivity contribution is 5.79. The van der Waals surface area contributed by atoms with Gasteiger partial charge in [0.15, 0.2) is 5.96 Å². The van der Waals surface area contributed by atoms with Gasteiger partial charge in [-0.25, -0.2) is 0 Å². The second kappa shape index (κ2) is 12.2. The quantitative estimate of drug-likeness (QED) is 0.490. The number of hydrogen-bond donors (Lipinski definition) is 2. The molecule has 1 saturated heterocycles. The number of hydrogen-bond acceptors (Lipinski definition) is 4. The number of nitrogens with one attached hydrogen (secondary N) is 2. The van der Waals surface area contributed by atoms with Crippen molar-refractivity contribution in [2.24, 2.45) is 4.99 Å². The molecule has 0 unspecified atom stereocenters. The maximum Gasteiger partial charge on any atom is 0.191 e. The molecule has 1 fully saturated rings. The molecular weight excluding hydrogens is 360 g/mol. The fraction of sp³-hybridized carbons (Fsp3) is 0.696. The lowest BCUT2D eigenvalue weighted by Gasteiger charge is -2.32. The predicted octanol–water partition coefficient (Wildman–Crippen LogP) is 2.22. The van der Waals surface area contributed by atoms with Gasteiger partial charge < -0.3 is 15.5 Å². The summed E-state index contributed by atoms with van der Waals surface area (Å²) in [6.07, 6.45) is 0.